The Bertz CT molecular complexity index is 1580. The van der Waals surface area contributed by atoms with Gasteiger partial charge in [0.05, 0.1) is 21.3 Å². The van der Waals surface area contributed by atoms with Crippen LogP contribution >= 0.6 is 0 Å². The Morgan fingerprint density at radius 3 is 2.46 bits per heavy atom. The Morgan fingerprint density at radius 1 is 1.08 bits per heavy atom. The average molecular weight is 555 g/mol. The Balaban J connectivity index is 1.51. The fourth-order valence-electron chi connectivity index (χ4n) is 4.60. The van der Waals surface area contributed by atoms with Crippen molar-refractivity contribution < 1.29 is 31.7 Å². The number of carbonyl (C=O) groups is 1. The molecule has 10 heteroatoms. The van der Waals surface area contributed by atoms with E-state index < -0.39 is 51.7 Å². The number of hydrogen-bond acceptors (Lipinski definition) is 4. The topological polar surface area (TPSA) is 92.4 Å². The summed E-state index contributed by atoms with van der Waals surface area (Å²) in [5.41, 5.74) is 2.71. The van der Waals surface area contributed by atoms with E-state index >= 15 is 0 Å². The lowest BCUT2D eigenvalue weighted by Crippen LogP contribution is -2.44. The van der Waals surface area contributed by atoms with E-state index in [1.54, 1.807) is 42.5 Å². The van der Waals surface area contributed by atoms with Crippen LogP contribution in [0.3, 0.4) is 0 Å². The fourth-order valence-corrected chi connectivity index (χ4v) is 5.57. The molecule has 2 atom stereocenters. The zero-order valence-electron chi connectivity index (χ0n) is 20.3. The Hall–Kier alpha value is -3.94. The van der Waals surface area contributed by atoms with E-state index in [2.05, 4.69) is 17.2 Å². The molecule has 1 saturated carbocycles. The molecule has 3 aromatic rings. The SMILES string of the molecule is Nc1ccc(C#CC(O)(CC2(c3cc(C(F)(F)F)ccc3F)CC2)C(=O)Nc2ccc3c(c2)C=CS3=O)cc1. The highest BCUT2D eigenvalue weighted by molar-refractivity contribution is 7.88. The number of carbonyl (C=O) groups excluding carboxylic acids is 1. The molecule has 1 aliphatic carbocycles. The minimum Gasteiger partial charge on any atom is -0.399 e. The smallest absolute Gasteiger partial charge is 0.399 e. The van der Waals surface area contributed by atoms with Crippen molar-refractivity contribution in [2.45, 2.75) is 41.4 Å². The predicted octanol–water partition coefficient (Wildman–Crippen LogP) is 5.36. The van der Waals surface area contributed by atoms with E-state index in [4.69, 9.17) is 5.73 Å². The highest BCUT2D eigenvalue weighted by Gasteiger charge is 2.54. The Kier molecular flexibility index (Phi) is 6.61. The van der Waals surface area contributed by atoms with Gasteiger partial charge in [-0.2, -0.15) is 13.2 Å². The zero-order chi connectivity index (χ0) is 28.0. The zero-order valence-corrected chi connectivity index (χ0v) is 21.1. The Morgan fingerprint density at radius 2 is 1.79 bits per heavy atom. The second kappa shape index (κ2) is 9.67. The van der Waals surface area contributed by atoms with Gasteiger partial charge in [0.15, 0.2) is 0 Å². The third-order valence-electron chi connectivity index (χ3n) is 6.87. The molecule has 3 aromatic carbocycles. The summed E-state index contributed by atoms with van der Waals surface area (Å²) >= 11 is 0. The number of fused-ring (bicyclic) bond motifs is 1. The first-order chi connectivity index (χ1) is 18.4. The molecule has 1 heterocycles. The first-order valence-corrected chi connectivity index (χ1v) is 13.1. The van der Waals surface area contributed by atoms with E-state index in [-0.39, 0.29) is 18.4 Å². The van der Waals surface area contributed by atoms with Crippen molar-refractivity contribution >= 4 is 34.2 Å². The number of alkyl halides is 3. The van der Waals surface area contributed by atoms with Crippen LogP contribution in [0.15, 0.2) is 71.0 Å². The minimum absolute atomic E-state index is 0.219. The van der Waals surface area contributed by atoms with Gasteiger partial charge in [-0.15, -0.1) is 0 Å². The molecule has 2 aliphatic rings. The number of benzene rings is 3. The highest BCUT2D eigenvalue weighted by Crippen LogP contribution is 2.55. The van der Waals surface area contributed by atoms with Crippen LogP contribution in [0.5, 0.6) is 0 Å². The van der Waals surface area contributed by atoms with Crippen LogP contribution in [0.25, 0.3) is 6.08 Å². The summed E-state index contributed by atoms with van der Waals surface area (Å²) < 4.78 is 67.0. The maximum absolute atomic E-state index is 14.8. The molecular weight excluding hydrogens is 532 g/mol. The van der Waals surface area contributed by atoms with Crippen LogP contribution in [0, 0.1) is 17.7 Å². The van der Waals surface area contributed by atoms with Crippen LogP contribution in [0.1, 0.15) is 41.5 Å². The normalized spacial score (nSPS) is 18.4. The molecule has 5 rings (SSSR count). The highest BCUT2D eigenvalue weighted by atomic mass is 32.2. The van der Waals surface area contributed by atoms with Gasteiger partial charge in [0.1, 0.15) is 5.82 Å². The molecule has 1 aliphatic heterocycles. The minimum atomic E-state index is -4.69. The van der Waals surface area contributed by atoms with Crippen LogP contribution in [0.2, 0.25) is 0 Å². The molecule has 0 bridgehead atoms. The van der Waals surface area contributed by atoms with Gasteiger partial charge in [-0.05, 0) is 90.7 Å². The second-order valence-corrected chi connectivity index (χ2v) is 11.0. The first-order valence-electron chi connectivity index (χ1n) is 11.9. The molecule has 39 heavy (non-hydrogen) atoms. The number of nitrogens with two attached hydrogens (primary N) is 1. The maximum Gasteiger partial charge on any atom is 0.416 e. The van der Waals surface area contributed by atoms with E-state index in [9.17, 15) is 31.7 Å². The lowest BCUT2D eigenvalue weighted by Gasteiger charge is -2.28. The van der Waals surface area contributed by atoms with Crippen molar-refractivity contribution in [3.63, 3.8) is 0 Å². The van der Waals surface area contributed by atoms with Crippen molar-refractivity contribution in [3.8, 4) is 11.8 Å². The molecule has 5 nitrogen and oxygen atoms in total. The standard InChI is InChI=1S/C29H22F4N2O3S/c30-24-7-3-20(29(31,32)33)16-23(24)27(12-13-27)17-28(37,11-9-18-1-4-21(34)5-2-18)26(36)35-22-6-8-25-19(15-22)10-14-39(25)38/h1-8,10,14-16,37H,12-13,17,34H2,(H,35,36). The summed E-state index contributed by atoms with van der Waals surface area (Å²) in [6.45, 7) is 0. The van der Waals surface area contributed by atoms with Crippen LogP contribution < -0.4 is 11.1 Å². The predicted molar refractivity (Wildman–Crippen MR) is 140 cm³/mol. The molecule has 200 valence electrons. The second-order valence-electron chi connectivity index (χ2n) is 9.69. The molecule has 1 amide bonds. The van der Waals surface area contributed by atoms with E-state index in [0.717, 1.165) is 12.1 Å². The fraction of sp³-hybridized carbons (Fsp3) is 0.207. The van der Waals surface area contributed by atoms with Crippen molar-refractivity contribution in [3.05, 3.63) is 94.1 Å². The van der Waals surface area contributed by atoms with E-state index in [0.29, 0.717) is 33.5 Å². The number of amides is 1. The van der Waals surface area contributed by atoms with Gasteiger partial charge >= 0.3 is 6.18 Å². The van der Waals surface area contributed by atoms with Gasteiger partial charge in [0.25, 0.3) is 5.91 Å². The molecule has 0 radical (unpaired) electrons. The number of aliphatic hydroxyl groups is 1. The van der Waals surface area contributed by atoms with Crippen LogP contribution in [0.4, 0.5) is 28.9 Å². The molecule has 1 fully saturated rings. The number of anilines is 2. The van der Waals surface area contributed by atoms with Gasteiger partial charge in [0.2, 0.25) is 5.60 Å². The number of nitrogens with one attached hydrogen (secondary N) is 1. The monoisotopic (exact) mass is 554 g/mol. The van der Waals surface area contributed by atoms with Gasteiger partial charge in [-0.1, -0.05) is 11.8 Å². The van der Waals surface area contributed by atoms with Crippen molar-refractivity contribution in [1.29, 1.82) is 0 Å². The average Bonchev–Trinajstić information content (AvgIpc) is 3.57. The van der Waals surface area contributed by atoms with E-state index in [1.807, 2.05) is 0 Å². The number of nitrogen functional groups attached to an aromatic ring is 1. The maximum atomic E-state index is 14.8. The summed E-state index contributed by atoms with van der Waals surface area (Å²) in [6.07, 6.45) is -2.95. The third-order valence-corrected chi connectivity index (χ3v) is 8.06. The molecule has 4 N–H and O–H groups in total. The van der Waals surface area contributed by atoms with Crippen molar-refractivity contribution in [1.82, 2.24) is 0 Å². The molecule has 0 saturated heterocycles. The molecular formula is C29H22F4N2O3S. The number of halogens is 4. The van der Waals surface area contributed by atoms with Crippen LogP contribution in [-0.4, -0.2) is 20.8 Å². The summed E-state index contributed by atoms with van der Waals surface area (Å²) in [5.74, 6) is 3.55. The van der Waals surface area contributed by atoms with Gasteiger partial charge in [-0.3, -0.25) is 4.79 Å². The summed E-state index contributed by atoms with van der Waals surface area (Å²) in [4.78, 5) is 14.1. The van der Waals surface area contributed by atoms with Gasteiger partial charge in [0, 0.05) is 34.2 Å². The summed E-state index contributed by atoms with van der Waals surface area (Å²) in [7, 11) is -1.29. The molecule has 0 spiro atoms. The van der Waals surface area contributed by atoms with Crippen molar-refractivity contribution in [2.24, 2.45) is 0 Å². The quantitative estimate of drug-likeness (QED) is 0.225. The van der Waals surface area contributed by atoms with E-state index in [1.165, 1.54) is 11.5 Å². The molecule has 0 aromatic heterocycles. The van der Waals surface area contributed by atoms with Gasteiger partial charge in [-0.25, -0.2) is 8.60 Å². The number of hydrogen-bond donors (Lipinski definition) is 3. The Labute approximate surface area is 224 Å². The summed E-state index contributed by atoms with van der Waals surface area (Å²) in [5, 5.41) is 15.7. The largest absolute Gasteiger partial charge is 0.416 e. The third kappa shape index (κ3) is 5.46. The van der Waals surface area contributed by atoms with Crippen LogP contribution in [-0.2, 0) is 27.2 Å². The lowest BCUT2D eigenvalue weighted by molar-refractivity contribution is -0.137. The van der Waals surface area contributed by atoms with Crippen molar-refractivity contribution in [2.75, 3.05) is 11.1 Å². The number of rotatable bonds is 5. The first kappa shape index (κ1) is 26.7. The summed E-state index contributed by atoms with van der Waals surface area (Å²) in [6, 6.07) is 13.2. The van der Waals surface area contributed by atoms with Gasteiger partial charge < -0.3 is 16.2 Å². The lowest BCUT2D eigenvalue weighted by atomic mass is 9.81. The molecule has 2 unspecified atom stereocenters.